The van der Waals surface area contributed by atoms with Gasteiger partial charge in [-0.3, -0.25) is 4.79 Å². The van der Waals surface area contributed by atoms with E-state index in [1.54, 1.807) is 14.0 Å². The number of hydrogen-bond donors (Lipinski definition) is 0. The highest BCUT2D eigenvalue weighted by molar-refractivity contribution is 6.02. The minimum atomic E-state index is 0.0547. The van der Waals surface area contributed by atoms with Crippen molar-refractivity contribution in [2.24, 2.45) is 0 Å². The molecule has 1 heterocycles. The number of hydrogen-bond acceptors (Lipinski definition) is 4. The molecule has 2 rings (SSSR count). The molecular weight excluding hydrogens is 240 g/mol. The number of rotatable bonds is 3. The number of benzene rings is 1. The number of nitrogens with zero attached hydrogens (tertiary/aromatic N) is 2. The lowest BCUT2D eigenvalue weighted by atomic mass is 10.1. The van der Waals surface area contributed by atoms with Gasteiger partial charge in [0.1, 0.15) is 5.75 Å². The Hall–Kier alpha value is -1.55. The van der Waals surface area contributed by atoms with Crippen LogP contribution in [0.4, 0.5) is 5.69 Å². The molecule has 19 heavy (non-hydrogen) atoms. The Morgan fingerprint density at radius 2 is 2.11 bits per heavy atom. The Morgan fingerprint density at radius 3 is 2.68 bits per heavy atom. The van der Waals surface area contributed by atoms with E-state index in [9.17, 15) is 4.79 Å². The third kappa shape index (κ3) is 2.73. The van der Waals surface area contributed by atoms with Crippen LogP contribution in [-0.4, -0.2) is 50.5 Å². The number of ketones is 1. The van der Waals surface area contributed by atoms with Crippen LogP contribution < -0.4 is 9.64 Å². The summed E-state index contributed by atoms with van der Waals surface area (Å²) < 4.78 is 5.33. The minimum Gasteiger partial charge on any atom is -0.496 e. The number of methoxy groups -OCH3 is 1. The van der Waals surface area contributed by atoms with E-state index >= 15 is 0 Å². The lowest BCUT2D eigenvalue weighted by Gasteiger charge is -2.39. The number of ether oxygens (including phenoxy) is 1. The number of likely N-dealkylation sites (N-methyl/N-ethyl adjacent to an activating group) is 1. The predicted octanol–water partition coefficient (Wildman–Crippen LogP) is 2.04. The number of piperazine rings is 1. The molecule has 4 heteroatoms. The van der Waals surface area contributed by atoms with Gasteiger partial charge in [-0.1, -0.05) is 6.07 Å². The fourth-order valence-electron chi connectivity index (χ4n) is 2.57. The first-order chi connectivity index (χ1) is 9.04. The molecule has 0 spiro atoms. The van der Waals surface area contributed by atoms with E-state index in [-0.39, 0.29) is 5.78 Å². The van der Waals surface area contributed by atoms with Crippen LogP contribution in [-0.2, 0) is 0 Å². The van der Waals surface area contributed by atoms with Crippen LogP contribution in [0.2, 0.25) is 0 Å². The first kappa shape index (κ1) is 13.9. The summed E-state index contributed by atoms with van der Waals surface area (Å²) in [6.07, 6.45) is 0. The average molecular weight is 262 g/mol. The third-order valence-corrected chi connectivity index (χ3v) is 3.88. The molecule has 1 unspecified atom stereocenters. The van der Waals surface area contributed by atoms with Gasteiger partial charge >= 0.3 is 0 Å². The predicted molar refractivity (Wildman–Crippen MR) is 77.3 cm³/mol. The van der Waals surface area contributed by atoms with Crippen LogP contribution in [0.5, 0.6) is 5.75 Å². The zero-order chi connectivity index (χ0) is 14.0. The number of carbonyl (C=O) groups excluding carboxylic acids is 1. The topological polar surface area (TPSA) is 32.8 Å². The Kier molecular flexibility index (Phi) is 4.10. The molecule has 1 atom stereocenters. The summed E-state index contributed by atoms with van der Waals surface area (Å²) in [7, 11) is 3.75. The van der Waals surface area contributed by atoms with Crippen LogP contribution in [0.15, 0.2) is 18.2 Å². The summed E-state index contributed by atoms with van der Waals surface area (Å²) in [5.41, 5.74) is 1.69. The maximum Gasteiger partial charge on any atom is 0.165 e. The highest BCUT2D eigenvalue weighted by Gasteiger charge is 2.24. The van der Waals surface area contributed by atoms with Gasteiger partial charge in [0.15, 0.2) is 5.78 Å². The van der Waals surface area contributed by atoms with Gasteiger partial charge in [-0.15, -0.1) is 0 Å². The van der Waals surface area contributed by atoms with Gasteiger partial charge in [0.05, 0.1) is 18.4 Å². The van der Waals surface area contributed by atoms with E-state index < -0.39 is 0 Å². The van der Waals surface area contributed by atoms with E-state index in [4.69, 9.17) is 4.74 Å². The van der Waals surface area contributed by atoms with Gasteiger partial charge in [0.2, 0.25) is 0 Å². The lowest BCUT2D eigenvalue weighted by Crippen LogP contribution is -2.50. The fraction of sp³-hybridized carbons (Fsp3) is 0.533. The fourth-order valence-corrected chi connectivity index (χ4v) is 2.57. The molecular formula is C15H22N2O2. The highest BCUT2D eigenvalue weighted by Crippen LogP contribution is 2.31. The van der Waals surface area contributed by atoms with Crippen LogP contribution in [0.25, 0.3) is 0 Å². The Bertz CT molecular complexity index is 473. The number of carbonyl (C=O) groups is 1. The Balaban J connectivity index is 2.37. The van der Waals surface area contributed by atoms with Gasteiger partial charge in [-0.05, 0) is 33.0 Å². The normalized spacial score (nSPS) is 20.4. The second kappa shape index (κ2) is 5.61. The maximum atomic E-state index is 11.9. The highest BCUT2D eigenvalue weighted by atomic mass is 16.5. The van der Waals surface area contributed by atoms with Crippen molar-refractivity contribution in [3.63, 3.8) is 0 Å². The SMILES string of the molecule is COc1cccc(N2CCN(C)C(C)C2)c1C(C)=O. The third-order valence-electron chi connectivity index (χ3n) is 3.88. The summed E-state index contributed by atoms with van der Waals surface area (Å²) >= 11 is 0. The molecule has 0 N–H and O–H groups in total. The molecule has 1 aromatic rings. The molecule has 1 aliphatic rings. The van der Waals surface area contributed by atoms with Crippen molar-refractivity contribution >= 4 is 11.5 Å². The number of anilines is 1. The molecule has 1 saturated heterocycles. The lowest BCUT2D eigenvalue weighted by molar-refractivity contribution is 0.101. The van der Waals surface area contributed by atoms with Crippen LogP contribution in [0.3, 0.4) is 0 Å². The summed E-state index contributed by atoms with van der Waals surface area (Å²) in [5, 5.41) is 0. The maximum absolute atomic E-state index is 11.9. The standard InChI is InChI=1S/C15H22N2O2/c1-11-10-17(9-8-16(11)3)13-6-5-7-14(19-4)15(13)12(2)18/h5-7,11H,8-10H2,1-4H3. The van der Waals surface area contributed by atoms with Gasteiger partial charge in [0, 0.05) is 25.7 Å². The van der Waals surface area contributed by atoms with E-state index in [0.29, 0.717) is 17.4 Å². The molecule has 104 valence electrons. The summed E-state index contributed by atoms with van der Waals surface area (Å²) in [5.74, 6) is 0.718. The average Bonchev–Trinajstić information content (AvgIpc) is 2.40. The largest absolute Gasteiger partial charge is 0.496 e. The van der Waals surface area contributed by atoms with Crippen LogP contribution in [0, 0.1) is 0 Å². The molecule has 0 aromatic heterocycles. The van der Waals surface area contributed by atoms with Crippen molar-refractivity contribution in [1.29, 1.82) is 0 Å². The van der Waals surface area contributed by atoms with Crippen molar-refractivity contribution < 1.29 is 9.53 Å². The Labute approximate surface area is 115 Å². The molecule has 4 nitrogen and oxygen atoms in total. The monoisotopic (exact) mass is 262 g/mol. The summed E-state index contributed by atoms with van der Waals surface area (Å²) in [4.78, 5) is 16.5. The first-order valence-corrected chi connectivity index (χ1v) is 6.67. The van der Waals surface area contributed by atoms with Crippen molar-refractivity contribution in [2.75, 3.05) is 38.7 Å². The molecule has 0 bridgehead atoms. The Morgan fingerprint density at radius 1 is 1.37 bits per heavy atom. The zero-order valence-corrected chi connectivity index (χ0v) is 12.1. The van der Waals surface area contributed by atoms with E-state index in [1.165, 1.54) is 0 Å². The second-order valence-electron chi connectivity index (χ2n) is 5.19. The van der Waals surface area contributed by atoms with Crippen molar-refractivity contribution in [3.05, 3.63) is 23.8 Å². The van der Waals surface area contributed by atoms with Gasteiger partial charge in [-0.25, -0.2) is 0 Å². The van der Waals surface area contributed by atoms with Crippen LogP contribution >= 0.6 is 0 Å². The summed E-state index contributed by atoms with van der Waals surface area (Å²) in [6.45, 7) is 6.69. The van der Waals surface area contributed by atoms with Crippen LogP contribution in [0.1, 0.15) is 24.2 Å². The van der Waals surface area contributed by atoms with Gasteiger partial charge in [0.25, 0.3) is 0 Å². The number of Topliss-reactive ketones (excluding diaryl/α,β-unsaturated/α-hetero) is 1. The molecule has 0 radical (unpaired) electrons. The van der Waals surface area contributed by atoms with E-state index in [1.807, 2.05) is 18.2 Å². The molecule has 1 fully saturated rings. The van der Waals surface area contributed by atoms with Gasteiger partial charge in [-0.2, -0.15) is 0 Å². The van der Waals surface area contributed by atoms with Crippen molar-refractivity contribution in [3.8, 4) is 5.75 Å². The zero-order valence-electron chi connectivity index (χ0n) is 12.1. The van der Waals surface area contributed by atoms with E-state index in [2.05, 4.69) is 23.8 Å². The summed E-state index contributed by atoms with van der Waals surface area (Å²) in [6, 6.07) is 6.29. The second-order valence-corrected chi connectivity index (χ2v) is 5.19. The first-order valence-electron chi connectivity index (χ1n) is 6.67. The van der Waals surface area contributed by atoms with E-state index in [0.717, 1.165) is 25.3 Å². The van der Waals surface area contributed by atoms with Crippen molar-refractivity contribution in [2.45, 2.75) is 19.9 Å². The minimum absolute atomic E-state index is 0.0547. The molecule has 0 saturated carbocycles. The smallest absolute Gasteiger partial charge is 0.165 e. The molecule has 1 aromatic carbocycles. The van der Waals surface area contributed by atoms with Crippen molar-refractivity contribution in [1.82, 2.24) is 4.90 Å². The molecule has 0 aliphatic carbocycles. The molecule has 0 amide bonds. The van der Waals surface area contributed by atoms with Gasteiger partial charge < -0.3 is 14.5 Å². The molecule has 1 aliphatic heterocycles. The quantitative estimate of drug-likeness (QED) is 0.780.